The summed E-state index contributed by atoms with van der Waals surface area (Å²) in [6, 6.07) is 8.75. The van der Waals surface area contributed by atoms with Gasteiger partial charge in [-0.05, 0) is 31.9 Å². The topological polar surface area (TPSA) is 52.6 Å². The molecule has 0 N–H and O–H groups in total. The third-order valence-corrected chi connectivity index (χ3v) is 3.95. The summed E-state index contributed by atoms with van der Waals surface area (Å²) in [6.07, 6.45) is 6.53. The Morgan fingerprint density at radius 3 is 2.22 bits per heavy atom. The summed E-state index contributed by atoms with van der Waals surface area (Å²) in [7, 11) is 0. The summed E-state index contributed by atoms with van der Waals surface area (Å²) < 4.78 is 10.8. The lowest BCUT2D eigenvalue weighted by Gasteiger charge is -2.25. The van der Waals surface area contributed by atoms with Crippen LogP contribution in [0.3, 0.4) is 0 Å². The zero-order valence-corrected chi connectivity index (χ0v) is 13.6. The van der Waals surface area contributed by atoms with E-state index in [-0.39, 0.29) is 17.8 Å². The highest BCUT2D eigenvalue weighted by Gasteiger charge is 2.28. The lowest BCUT2D eigenvalue weighted by atomic mass is 9.90. The van der Waals surface area contributed by atoms with Crippen LogP contribution in [0.5, 0.6) is 0 Å². The zero-order chi connectivity index (χ0) is 16.8. The molecule has 2 rings (SSSR count). The number of rotatable bonds is 5. The second kappa shape index (κ2) is 7.77. The van der Waals surface area contributed by atoms with Gasteiger partial charge in [-0.2, -0.15) is 0 Å². The van der Waals surface area contributed by atoms with E-state index in [1.807, 2.05) is 37.3 Å². The molecule has 0 saturated heterocycles. The first-order chi connectivity index (χ1) is 11.0. The summed E-state index contributed by atoms with van der Waals surface area (Å²) >= 11 is 0. The fraction of sp³-hybridized carbons (Fsp3) is 0.368. The van der Waals surface area contributed by atoms with Gasteiger partial charge in [0.15, 0.2) is 0 Å². The predicted octanol–water partition coefficient (Wildman–Crippen LogP) is 3.54. The number of esters is 2. The van der Waals surface area contributed by atoms with Gasteiger partial charge in [0.25, 0.3) is 0 Å². The lowest BCUT2D eigenvalue weighted by Crippen LogP contribution is -2.34. The van der Waals surface area contributed by atoms with E-state index in [2.05, 4.69) is 0 Å². The maximum Gasteiger partial charge on any atom is 0.338 e. The highest BCUT2D eigenvalue weighted by Crippen LogP contribution is 2.21. The van der Waals surface area contributed by atoms with Crippen LogP contribution in [0.2, 0.25) is 0 Å². The average molecular weight is 314 g/mol. The number of hydrogen-bond donors (Lipinski definition) is 0. The van der Waals surface area contributed by atoms with E-state index in [0.29, 0.717) is 5.56 Å². The first-order valence-corrected chi connectivity index (χ1v) is 7.80. The highest BCUT2D eigenvalue weighted by atomic mass is 16.6. The SMILES string of the molecule is CC1C=CC=CC1C(=O)O[C@@H](C)[C@@H](C)OC(=O)c1ccccc1. The Morgan fingerprint density at radius 1 is 0.957 bits per heavy atom. The molecule has 0 saturated carbocycles. The molecule has 0 amide bonds. The van der Waals surface area contributed by atoms with Crippen LogP contribution in [0.4, 0.5) is 0 Å². The lowest BCUT2D eigenvalue weighted by molar-refractivity contribution is -0.157. The molecule has 1 aliphatic rings. The number of carbonyl (C=O) groups is 2. The van der Waals surface area contributed by atoms with Crippen LogP contribution in [-0.2, 0) is 14.3 Å². The van der Waals surface area contributed by atoms with Crippen LogP contribution in [-0.4, -0.2) is 24.1 Å². The molecule has 0 bridgehead atoms. The number of benzene rings is 1. The number of carbonyl (C=O) groups excluding carboxylic acids is 2. The van der Waals surface area contributed by atoms with Gasteiger partial charge in [-0.1, -0.05) is 49.4 Å². The van der Waals surface area contributed by atoms with Crippen molar-refractivity contribution < 1.29 is 19.1 Å². The fourth-order valence-corrected chi connectivity index (χ4v) is 2.28. The Morgan fingerprint density at radius 2 is 1.57 bits per heavy atom. The van der Waals surface area contributed by atoms with Crippen molar-refractivity contribution in [3.05, 3.63) is 60.2 Å². The van der Waals surface area contributed by atoms with Crippen molar-refractivity contribution in [3.8, 4) is 0 Å². The van der Waals surface area contributed by atoms with Crippen molar-refractivity contribution in [2.75, 3.05) is 0 Å². The van der Waals surface area contributed by atoms with E-state index < -0.39 is 18.2 Å². The molecule has 1 aliphatic carbocycles. The van der Waals surface area contributed by atoms with Crippen molar-refractivity contribution in [2.45, 2.75) is 33.0 Å². The van der Waals surface area contributed by atoms with E-state index in [1.54, 1.807) is 38.1 Å². The van der Waals surface area contributed by atoms with Crippen LogP contribution in [0, 0.1) is 11.8 Å². The summed E-state index contributed by atoms with van der Waals surface area (Å²) in [5.41, 5.74) is 0.479. The summed E-state index contributed by atoms with van der Waals surface area (Å²) in [4.78, 5) is 24.2. The molecule has 1 aromatic rings. The van der Waals surface area contributed by atoms with Gasteiger partial charge in [-0.15, -0.1) is 0 Å². The van der Waals surface area contributed by atoms with Crippen LogP contribution in [0.15, 0.2) is 54.6 Å². The Labute approximate surface area is 136 Å². The van der Waals surface area contributed by atoms with E-state index in [9.17, 15) is 9.59 Å². The average Bonchev–Trinajstić information content (AvgIpc) is 2.55. The van der Waals surface area contributed by atoms with Gasteiger partial charge < -0.3 is 9.47 Å². The molecule has 0 aliphatic heterocycles. The minimum absolute atomic E-state index is 0.0990. The molecular weight excluding hydrogens is 292 g/mol. The Hall–Kier alpha value is -2.36. The van der Waals surface area contributed by atoms with Gasteiger partial charge in [-0.3, -0.25) is 4.79 Å². The summed E-state index contributed by atoms with van der Waals surface area (Å²) in [5, 5.41) is 0. The molecule has 0 aromatic heterocycles. The van der Waals surface area contributed by atoms with Gasteiger partial charge >= 0.3 is 11.9 Å². The molecule has 4 heteroatoms. The van der Waals surface area contributed by atoms with Gasteiger partial charge in [0.2, 0.25) is 0 Å². The second-order valence-corrected chi connectivity index (χ2v) is 5.77. The molecule has 122 valence electrons. The highest BCUT2D eigenvalue weighted by molar-refractivity contribution is 5.89. The normalized spacial score (nSPS) is 22.2. The van der Waals surface area contributed by atoms with Gasteiger partial charge in [0.1, 0.15) is 12.2 Å². The molecular formula is C19H22O4. The molecule has 0 spiro atoms. The van der Waals surface area contributed by atoms with Crippen molar-refractivity contribution in [3.63, 3.8) is 0 Å². The van der Waals surface area contributed by atoms with Gasteiger partial charge in [0.05, 0.1) is 11.5 Å². The van der Waals surface area contributed by atoms with E-state index in [4.69, 9.17) is 9.47 Å². The van der Waals surface area contributed by atoms with E-state index in [1.165, 1.54) is 0 Å². The first-order valence-electron chi connectivity index (χ1n) is 7.80. The van der Waals surface area contributed by atoms with E-state index >= 15 is 0 Å². The maximum atomic E-state index is 12.2. The van der Waals surface area contributed by atoms with Crippen molar-refractivity contribution in [1.29, 1.82) is 0 Å². The zero-order valence-electron chi connectivity index (χ0n) is 13.6. The molecule has 4 nitrogen and oxygen atoms in total. The third kappa shape index (κ3) is 4.55. The molecule has 23 heavy (non-hydrogen) atoms. The van der Waals surface area contributed by atoms with Gasteiger partial charge in [-0.25, -0.2) is 4.79 Å². The molecule has 2 unspecified atom stereocenters. The first kappa shape index (κ1) is 17.0. The van der Waals surface area contributed by atoms with E-state index in [0.717, 1.165) is 0 Å². The van der Waals surface area contributed by atoms with Crippen molar-refractivity contribution in [1.82, 2.24) is 0 Å². The third-order valence-electron chi connectivity index (χ3n) is 3.95. The van der Waals surface area contributed by atoms with Crippen LogP contribution in [0.1, 0.15) is 31.1 Å². The number of ether oxygens (including phenoxy) is 2. The minimum atomic E-state index is -0.523. The molecule has 0 radical (unpaired) electrons. The largest absolute Gasteiger partial charge is 0.458 e. The smallest absolute Gasteiger partial charge is 0.338 e. The monoisotopic (exact) mass is 314 g/mol. The Bertz CT molecular complexity index is 603. The second-order valence-electron chi connectivity index (χ2n) is 5.77. The molecule has 0 fully saturated rings. The molecule has 1 aromatic carbocycles. The van der Waals surface area contributed by atoms with Crippen LogP contribution < -0.4 is 0 Å². The van der Waals surface area contributed by atoms with Crippen molar-refractivity contribution in [2.24, 2.45) is 11.8 Å². The molecule has 0 heterocycles. The van der Waals surface area contributed by atoms with Gasteiger partial charge in [0, 0.05) is 0 Å². The Balaban J connectivity index is 1.88. The Kier molecular flexibility index (Phi) is 5.74. The van der Waals surface area contributed by atoms with Crippen LogP contribution >= 0.6 is 0 Å². The van der Waals surface area contributed by atoms with Crippen molar-refractivity contribution >= 4 is 11.9 Å². The quantitative estimate of drug-likeness (QED) is 0.780. The predicted molar refractivity (Wildman–Crippen MR) is 87.8 cm³/mol. The van der Waals surface area contributed by atoms with Crippen LogP contribution in [0.25, 0.3) is 0 Å². The summed E-state index contributed by atoms with van der Waals surface area (Å²) in [6.45, 7) is 5.42. The molecule has 4 atom stereocenters. The number of allylic oxidation sites excluding steroid dienone is 3. The summed E-state index contributed by atoms with van der Waals surface area (Å²) in [5.74, 6) is -0.913. The maximum absolute atomic E-state index is 12.2. The minimum Gasteiger partial charge on any atom is -0.458 e. The fourth-order valence-electron chi connectivity index (χ4n) is 2.28. The standard InChI is InChI=1S/C19H22O4/c1-13-9-7-8-12-17(13)19(21)23-15(3)14(2)22-18(20)16-10-5-4-6-11-16/h4-15,17H,1-3H3/t13?,14-,15+,17?/m1/s1. The number of hydrogen-bond acceptors (Lipinski definition) is 4.